The molecule has 86 valence electrons. The zero-order valence-electron chi connectivity index (χ0n) is 9.20. The number of halogens is 1. The van der Waals surface area contributed by atoms with Crippen LogP contribution in [0.25, 0.3) is 0 Å². The molecule has 3 nitrogen and oxygen atoms in total. The number of nitrogens with zero attached hydrogens (tertiary/aromatic N) is 1. The van der Waals surface area contributed by atoms with Crippen LogP contribution in [0.1, 0.15) is 19.4 Å². The van der Waals surface area contributed by atoms with Gasteiger partial charge >= 0.3 is 0 Å². The van der Waals surface area contributed by atoms with Gasteiger partial charge in [0.05, 0.1) is 6.21 Å². The Labute approximate surface area is 106 Å². The van der Waals surface area contributed by atoms with Crippen molar-refractivity contribution in [3.8, 4) is 0 Å². The SMILES string of the molecule is CC(C)NC(=S)NN=Cc1ccc(Cl)cc1. The molecule has 0 saturated heterocycles. The topological polar surface area (TPSA) is 36.4 Å². The fourth-order valence-electron chi connectivity index (χ4n) is 1.01. The lowest BCUT2D eigenvalue weighted by atomic mass is 10.2. The lowest BCUT2D eigenvalue weighted by Crippen LogP contribution is -2.36. The van der Waals surface area contributed by atoms with Crippen LogP contribution in [0.4, 0.5) is 0 Å². The van der Waals surface area contributed by atoms with Crippen LogP contribution in [-0.2, 0) is 0 Å². The third-order valence-electron chi connectivity index (χ3n) is 1.67. The number of benzene rings is 1. The number of hydrogen-bond donors (Lipinski definition) is 2. The van der Waals surface area contributed by atoms with Gasteiger partial charge in [-0.2, -0.15) is 5.10 Å². The Balaban J connectivity index is 2.43. The van der Waals surface area contributed by atoms with E-state index in [0.29, 0.717) is 16.2 Å². The molecule has 0 heterocycles. The van der Waals surface area contributed by atoms with Gasteiger partial charge in [-0.05, 0) is 43.8 Å². The van der Waals surface area contributed by atoms with Gasteiger partial charge in [-0.1, -0.05) is 23.7 Å². The van der Waals surface area contributed by atoms with E-state index < -0.39 is 0 Å². The van der Waals surface area contributed by atoms with Crippen molar-refractivity contribution in [1.82, 2.24) is 10.7 Å². The maximum absolute atomic E-state index is 5.76. The van der Waals surface area contributed by atoms with Crippen molar-refractivity contribution in [2.45, 2.75) is 19.9 Å². The van der Waals surface area contributed by atoms with Gasteiger partial charge in [0, 0.05) is 11.1 Å². The van der Waals surface area contributed by atoms with Crippen LogP contribution in [0.5, 0.6) is 0 Å². The minimum Gasteiger partial charge on any atom is -0.359 e. The molecule has 0 spiro atoms. The van der Waals surface area contributed by atoms with Crippen molar-refractivity contribution < 1.29 is 0 Å². The molecule has 0 saturated carbocycles. The predicted octanol–water partition coefficient (Wildman–Crippen LogP) is 2.55. The van der Waals surface area contributed by atoms with E-state index in [-0.39, 0.29) is 0 Å². The molecule has 0 atom stereocenters. The van der Waals surface area contributed by atoms with Crippen LogP contribution in [0.2, 0.25) is 5.02 Å². The average Bonchev–Trinajstić information content (AvgIpc) is 2.20. The molecular weight excluding hydrogens is 242 g/mol. The molecule has 0 aliphatic carbocycles. The largest absolute Gasteiger partial charge is 0.359 e. The Kier molecular flexibility index (Phi) is 5.22. The lowest BCUT2D eigenvalue weighted by molar-refractivity contribution is 0.720. The maximum Gasteiger partial charge on any atom is 0.187 e. The first-order chi connectivity index (χ1) is 7.58. The molecule has 0 aliphatic heterocycles. The van der Waals surface area contributed by atoms with Crippen molar-refractivity contribution in [2.24, 2.45) is 5.10 Å². The van der Waals surface area contributed by atoms with E-state index in [1.54, 1.807) is 6.21 Å². The summed E-state index contributed by atoms with van der Waals surface area (Å²) in [4.78, 5) is 0. The Morgan fingerprint density at radius 2 is 2.00 bits per heavy atom. The molecule has 0 fully saturated rings. The van der Waals surface area contributed by atoms with Crippen LogP contribution in [0.15, 0.2) is 29.4 Å². The summed E-state index contributed by atoms with van der Waals surface area (Å²) in [6.07, 6.45) is 1.69. The standard InChI is InChI=1S/C11H14ClN3S/c1-8(2)14-11(16)15-13-7-9-3-5-10(12)6-4-9/h3-8H,1-2H3,(H2,14,15,16). The van der Waals surface area contributed by atoms with Gasteiger partial charge in [0.25, 0.3) is 0 Å². The summed E-state index contributed by atoms with van der Waals surface area (Å²) in [5.41, 5.74) is 3.70. The highest BCUT2D eigenvalue weighted by Crippen LogP contribution is 2.07. The van der Waals surface area contributed by atoms with Crippen LogP contribution in [0.3, 0.4) is 0 Å². The summed E-state index contributed by atoms with van der Waals surface area (Å²) < 4.78 is 0. The lowest BCUT2D eigenvalue weighted by Gasteiger charge is -2.09. The Morgan fingerprint density at radius 1 is 1.38 bits per heavy atom. The van der Waals surface area contributed by atoms with Gasteiger partial charge in [0.15, 0.2) is 5.11 Å². The third-order valence-corrected chi connectivity index (χ3v) is 2.13. The summed E-state index contributed by atoms with van der Waals surface area (Å²) in [6.45, 7) is 4.02. The summed E-state index contributed by atoms with van der Waals surface area (Å²) in [6, 6.07) is 7.69. The maximum atomic E-state index is 5.76. The fourth-order valence-corrected chi connectivity index (χ4v) is 1.42. The van der Waals surface area contributed by atoms with Crippen LogP contribution < -0.4 is 10.7 Å². The van der Waals surface area contributed by atoms with Gasteiger partial charge in [0.2, 0.25) is 0 Å². The molecule has 2 N–H and O–H groups in total. The first kappa shape index (κ1) is 12.9. The number of thiocarbonyl (C=S) groups is 1. The van der Waals surface area contributed by atoms with Crippen LogP contribution >= 0.6 is 23.8 Å². The molecule has 0 bridgehead atoms. The molecule has 0 aromatic heterocycles. The van der Waals surface area contributed by atoms with E-state index in [9.17, 15) is 0 Å². The number of hydrogen-bond acceptors (Lipinski definition) is 2. The van der Waals surface area contributed by atoms with Crippen molar-refractivity contribution in [3.05, 3.63) is 34.9 Å². The van der Waals surface area contributed by atoms with Crippen LogP contribution in [-0.4, -0.2) is 17.4 Å². The average molecular weight is 256 g/mol. The number of rotatable bonds is 3. The molecule has 1 rings (SSSR count). The van der Waals surface area contributed by atoms with E-state index in [1.807, 2.05) is 38.1 Å². The molecule has 0 unspecified atom stereocenters. The summed E-state index contributed by atoms with van der Waals surface area (Å²) in [5, 5.41) is 8.25. The molecule has 5 heteroatoms. The van der Waals surface area contributed by atoms with Gasteiger partial charge in [-0.3, -0.25) is 5.43 Å². The van der Waals surface area contributed by atoms with Gasteiger partial charge in [-0.15, -0.1) is 0 Å². The molecule has 0 radical (unpaired) electrons. The normalized spacial score (nSPS) is 10.8. The number of nitrogens with one attached hydrogen (secondary N) is 2. The Hall–Kier alpha value is -1.13. The van der Waals surface area contributed by atoms with E-state index >= 15 is 0 Å². The summed E-state index contributed by atoms with van der Waals surface area (Å²) in [5.74, 6) is 0. The second-order valence-corrected chi connectivity index (χ2v) is 4.39. The van der Waals surface area contributed by atoms with Crippen molar-refractivity contribution >= 4 is 35.1 Å². The van der Waals surface area contributed by atoms with E-state index in [0.717, 1.165) is 5.56 Å². The quantitative estimate of drug-likeness (QED) is 0.495. The molecule has 16 heavy (non-hydrogen) atoms. The second kappa shape index (κ2) is 6.45. The molecule has 0 aliphatic rings. The summed E-state index contributed by atoms with van der Waals surface area (Å²) >= 11 is 10.8. The van der Waals surface area contributed by atoms with Crippen molar-refractivity contribution in [3.63, 3.8) is 0 Å². The predicted molar refractivity (Wildman–Crippen MR) is 73.1 cm³/mol. The minimum absolute atomic E-state index is 0.297. The minimum atomic E-state index is 0.297. The van der Waals surface area contributed by atoms with E-state index in [1.165, 1.54) is 0 Å². The molecular formula is C11H14ClN3S. The van der Waals surface area contributed by atoms with E-state index in [2.05, 4.69) is 15.8 Å². The van der Waals surface area contributed by atoms with Crippen LogP contribution in [0, 0.1) is 0 Å². The first-order valence-corrected chi connectivity index (χ1v) is 5.71. The first-order valence-electron chi connectivity index (χ1n) is 4.93. The highest BCUT2D eigenvalue weighted by molar-refractivity contribution is 7.80. The summed E-state index contributed by atoms with van der Waals surface area (Å²) in [7, 11) is 0. The van der Waals surface area contributed by atoms with E-state index in [4.69, 9.17) is 23.8 Å². The molecule has 1 aromatic carbocycles. The zero-order valence-corrected chi connectivity index (χ0v) is 10.8. The fraction of sp³-hybridized carbons (Fsp3) is 0.273. The number of hydrazone groups is 1. The molecule has 1 aromatic rings. The highest BCUT2D eigenvalue weighted by atomic mass is 35.5. The van der Waals surface area contributed by atoms with Crippen molar-refractivity contribution in [1.29, 1.82) is 0 Å². The highest BCUT2D eigenvalue weighted by Gasteiger charge is 1.94. The zero-order chi connectivity index (χ0) is 12.0. The van der Waals surface area contributed by atoms with Gasteiger partial charge in [0.1, 0.15) is 0 Å². The van der Waals surface area contributed by atoms with Gasteiger partial charge in [-0.25, -0.2) is 0 Å². The third kappa shape index (κ3) is 5.09. The monoisotopic (exact) mass is 255 g/mol. The Bertz CT molecular complexity index is 373. The smallest absolute Gasteiger partial charge is 0.187 e. The Morgan fingerprint density at radius 3 is 2.56 bits per heavy atom. The van der Waals surface area contributed by atoms with Gasteiger partial charge < -0.3 is 5.32 Å². The second-order valence-electron chi connectivity index (χ2n) is 3.55. The van der Waals surface area contributed by atoms with Crippen molar-refractivity contribution in [2.75, 3.05) is 0 Å². The molecule has 0 amide bonds.